The Hall–Kier alpha value is -8.33. The summed E-state index contributed by atoms with van der Waals surface area (Å²) < 4.78 is 0. The molecule has 1 aromatic heterocycles. The zero-order chi connectivity index (χ0) is 40.6. The molecule has 1 aliphatic carbocycles. The molecular weight excluding hydrogens is 731 g/mol. The van der Waals surface area contributed by atoms with Gasteiger partial charge in [0.15, 0.2) is 17.5 Å². The Morgan fingerprint density at radius 3 is 1.63 bits per heavy atom. The van der Waals surface area contributed by atoms with Crippen LogP contribution < -0.4 is 0 Å². The maximum Gasteiger partial charge on any atom is 0.164 e. The lowest BCUT2D eigenvalue weighted by molar-refractivity contribution is 1.07. The minimum Gasteiger partial charge on any atom is -0.300 e. The van der Waals surface area contributed by atoms with Crippen LogP contribution in [0.3, 0.4) is 0 Å². The monoisotopic (exact) mass is 765 g/mol. The summed E-state index contributed by atoms with van der Waals surface area (Å²) in [5.41, 5.74) is 12.6. The molecule has 8 aromatic carbocycles. The number of rotatable bonds is 7. The van der Waals surface area contributed by atoms with Gasteiger partial charge in [-0.2, -0.15) is 5.26 Å². The van der Waals surface area contributed by atoms with Crippen LogP contribution in [0.1, 0.15) is 22.3 Å². The Labute approximate surface area is 348 Å². The number of benzene rings is 8. The van der Waals surface area contributed by atoms with Crippen LogP contribution in [0.15, 0.2) is 195 Å². The van der Waals surface area contributed by atoms with Crippen LogP contribution in [0.5, 0.6) is 0 Å². The molecule has 1 heterocycles. The van der Waals surface area contributed by atoms with Crippen LogP contribution in [0.4, 0.5) is 0 Å². The number of aromatic nitrogens is 3. The van der Waals surface area contributed by atoms with Crippen LogP contribution >= 0.6 is 0 Å². The number of nitrogens with one attached hydrogen (secondary N) is 1. The average molecular weight is 766 g/mol. The van der Waals surface area contributed by atoms with Gasteiger partial charge in [-0.15, -0.1) is 0 Å². The molecule has 0 bridgehead atoms. The number of allylic oxidation sites excluding steroid dienone is 4. The molecule has 9 aromatic rings. The largest absolute Gasteiger partial charge is 0.300 e. The van der Waals surface area contributed by atoms with Crippen molar-refractivity contribution in [3.63, 3.8) is 0 Å². The van der Waals surface area contributed by atoms with E-state index in [1.807, 2.05) is 103 Å². The Balaban J connectivity index is 1.09. The maximum atomic E-state index is 9.71. The molecule has 1 N–H and O–H groups in total. The predicted octanol–water partition coefficient (Wildman–Crippen LogP) is 13.5. The van der Waals surface area contributed by atoms with Gasteiger partial charge >= 0.3 is 0 Å². The smallest absolute Gasteiger partial charge is 0.164 e. The number of fused-ring (bicyclic) bond motifs is 4. The summed E-state index contributed by atoms with van der Waals surface area (Å²) in [7, 11) is 0. The van der Waals surface area contributed by atoms with Gasteiger partial charge in [-0.25, -0.2) is 15.0 Å². The van der Waals surface area contributed by atoms with E-state index in [-0.39, 0.29) is 0 Å². The summed E-state index contributed by atoms with van der Waals surface area (Å²) in [6.45, 7) is 4.06. The standard InChI is InChI=1S/C55H35N5/c1-2-14-47-51-32-48(39-19-13-20-40(31-39)55-59-53(37-15-5-3-6-16-37)58-54(60-55)38-17-7-4-8-18-38)45-23-11-12-24-46(45)50(51)33-49(52(47)57)36-27-25-35(26-28-36)43-30-29-41(34-56)42-21-9-10-22-44(42)43/h2-33,57H,1H2/b47-14-,57-52?. The zero-order valence-electron chi connectivity index (χ0n) is 32.5. The first-order valence-corrected chi connectivity index (χ1v) is 19.8. The number of hydrogen-bond acceptors (Lipinski definition) is 5. The minimum atomic E-state index is 0.432. The molecular formula is C55H35N5. The summed E-state index contributed by atoms with van der Waals surface area (Å²) in [5.74, 6) is 1.82. The first-order valence-electron chi connectivity index (χ1n) is 19.8. The Morgan fingerprint density at radius 2 is 1.00 bits per heavy atom. The van der Waals surface area contributed by atoms with Crippen molar-refractivity contribution < 1.29 is 0 Å². The van der Waals surface area contributed by atoms with Gasteiger partial charge < -0.3 is 0 Å². The molecule has 10 rings (SSSR count). The van der Waals surface area contributed by atoms with E-state index in [9.17, 15) is 10.7 Å². The third kappa shape index (κ3) is 6.39. The molecule has 0 unspecified atom stereocenters. The van der Waals surface area contributed by atoms with Crippen LogP contribution in [0, 0.1) is 16.7 Å². The molecule has 0 saturated carbocycles. The summed E-state index contributed by atoms with van der Waals surface area (Å²) in [5, 5.41) is 23.5. The number of hydrogen-bond donors (Lipinski definition) is 1. The van der Waals surface area contributed by atoms with E-state index in [4.69, 9.17) is 15.0 Å². The van der Waals surface area contributed by atoms with Crippen molar-refractivity contribution in [2.24, 2.45) is 0 Å². The SMILES string of the molecule is C=C/C=C1\C(=N)C(c2ccc(-c3ccc(C#N)c4ccccc34)cc2)=Cc2c1cc(-c1cccc(-c3nc(-c4ccccc4)nc(-c4ccccc4)n3)c1)c1ccccc21. The lowest BCUT2D eigenvalue weighted by Gasteiger charge is -2.24. The fourth-order valence-electron chi connectivity index (χ4n) is 8.27. The summed E-state index contributed by atoms with van der Waals surface area (Å²) >= 11 is 0. The summed E-state index contributed by atoms with van der Waals surface area (Å²) in [4.78, 5) is 14.9. The molecule has 1 aliphatic rings. The van der Waals surface area contributed by atoms with Crippen molar-refractivity contribution in [3.05, 3.63) is 217 Å². The molecule has 280 valence electrons. The highest BCUT2D eigenvalue weighted by Gasteiger charge is 2.25. The molecule has 0 amide bonds. The van der Waals surface area contributed by atoms with E-state index in [1.54, 1.807) is 6.08 Å². The molecule has 5 heteroatoms. The van der Waals surface area contributed by atoms with E-state index < -0.39 is 0 Å². The van der Waals surface area contributed by atoms with Crippen molar-refractivity contribution in [1.29, 1.82) is 10.7 Å². The highest BCUT2D eigenvalue weighted by molar-refractivity contribution is 6.48. The van der Waals surface area contributed by atoms with Crippen molar-refractivity contribution >= 4 is 44.5 Å². The Kier molecular flexibility index (Phi) is 9.13. The summed E-state index contributed by atoms with van der Waals surface area (Å²) in [6, 6.07) is 61.8. The Morgan fingerprint density at radius 1 is 0.467 bits per heavy atom. The highest BCUT2D eigenvalue weighted by Crippen LogP contribution is 2.43. The van der Waals surface area contributed by atoms with Crippen molar-refractivity contribution in [2.45, 2.75) is 0 Å². The maximum absolute atomic E-state index is 9.71. The van der Waals surface area contributed by atoms with Gasteiger partial charge in [0.2, 0.25) is 0 Å². The fraction of sp³-hybridized carbons (Fsp3) is 0. The average Bonchev–Trinajstić information content (AvgIpc) is 3.32. The molecule has 0 atom stereocenters. The van der Waals surface area contributed by atoms with Crippen molar-refractivity contribution in [3.8, 4) is 62.5 Å². The Bertz CT molecular complexity index is 3220. The van der Waals surface area contributed by atoms with Gasteiger partial charge in [-0.1, -0.05) is 176 Å². The second-order valence-corrected chi connectivity index (χ2v) is 14.7. The highest BCUT2D eigenvalue weighted by atomic mass is 15.0. The quantitative estimate of drug-likeness (QED) is 0.175. The van der Waals surface area contributed by atoms with Gasteiger partial charge in [-0.3, -0.25) is 5.41 Å². The zero-order valence-corrected chi connectivity index (χ0v) is 32.5. The minimum absolute atomic E-state index is 0.432. The van der Waals surface area contributed by atoms with Crippen LogP contribution in [-0.4, -0.2) is 20.7 Å². The van der Waals surface area contributed by atoms with Gasteiger partial charge in [0.25, 0.3) is 0 Å². The van der Waals surface area contributed by atoms with E-state index >= 15 is 0 Å². The molecule has 0 radical (unpaired) electrons. The van der Waals surface area contributed by atoms with Crippen molar-refractivity contribution in [2.75, 3.05) is 0 Å². The fourth-order valence-corrected chi connectivity index (χ4v) is 8.27. The normalized spacial score (nSPS) is 12.9. The number of nitrogens with zero attached hydrogens (tertiary/aromatic N) is 4. The molecule has 60 heavy (non-hydrogen) atoms. The first kappa shape index (κ1) is 36.0. The topological polar surface area (TPSA) is 86.3 Å². The lowest BCUT2D eigenvalue weighted by atomic mass is 9.79. The van der Waals surface area contributed by atoms with Crippen LogP contribution in [-0.2, 0) is 0 Å². The second-order valence-electron chi connectivity index (χ2n) is 14.7. The van der Waals surface area contributed by atoms with Gasteiger partial charge in [0.05, 0.1) is 17.3 Å². The van der Waals surface area contributed by atoms with E-state index in [0.29, 0.717) is 28.7 Å². The van der Waals surface area contributed by atoms with Gasteiger partial charge in [0, 0.05) is 33.2 Å². The number of nitriles is 1. The van der Waals surface area contributed by atoms with Crippen molar-refractivity contribution in [1.82, 2.24) is 15.0 Å². The molecule has 0 saturated heterocycles. The third-order valence-corrected chi connectivity index (χ3v) is 11.2. The first-order chi connectivity index (χ1) is 29.6. The van der Waals surface area contributed by atoms with Gasteiger partial charge in [0.1, 0.15) is 0 Å². The molecule has 0 spiro atoms. The molecule has 0 fully saturated rings. The molecule has 0 aliphatic heterocycles. The van der Waals surface area contributed by atoms with Crippen LogP contribution in [0.25, 0.3) is 95.2 Å². The van der Waals surface area contributed by atoms with E-state index in [0.717, 1.165) is 88.3 Å². The second kappa shape index (κ2) is 15.2. The van der Waals surface area contributed by atoms with E-state index in [2.05, 4.69) is 97.6 Å². The summed E-state index contributed by atoms with van der Waals surface area (Å²) in [6.07, 6.45) is 5.87. The third-order valence-electron chi connectivity index (χ3n) is 11.2. The lowest BCUT2D eigenvalue weighted by Crippen LogP contribution is -2.11. The van der Waals surface area contributed by atoms with Crippen LogP contribution in [0.2, 0.25) is 0 Å². The predicted molar refractivity (Wildman–Crippen MR) is 247 cm³/mol. The van der Waals surface area contributed by atoms with Gasteiger partial charge in [-0.05, 0) is 79.4 Å². The molecule has 5 nitrogen and oxygen atoms in total. The van der Waals surface area contributed by atoms with E-state index in [1.165, 1.54) is 0 Å².